The van der Waals surface area contributed by atoms with Crippen LogP contribution >= 0.6 is 0 Å². The number of nitrogens with two attached hydrogens (primary N) is 1. The molecule has 0 unspecified atom stereocenters. The maximum absolute atomic E-state index is 5.81. The molecule has 0 saturated heterocycles. The van der Waals surface area contributed by atoms with Crippen LogP contribution < -0.4 is 10.5 Å². The molecule has 0 atom stereocenters. The second kappa shape index (κ2) is 25.6. The van der Waals surface area contributed by atoms with Crippen molar-refractivity contribution in [3.8, 4) is 5.75 Å². The second-order valence-corrected chi connectivity index (χ2v) is 13.8. The van der Waals surface area contributed by atoms with E-state index in [0.29, 0.717) is 130 Å². The number of nitrogen functional groups attached to an aromatic ring is 1. The molecule has 39 heavy (non-hydrogen) atoms. The summed E-state index contributed by atoms with van der Waals surface area (Å²) in [6.07, 6.45) is 0. The van der Waals surface area contributed by atoms with Crippen molar-refractivity contribution in [1.82, 2.24) is 0 Å². The quantitative estimate of drug-likeness (QED) is 0.0860. The molecule has 0 aliphatic heterocycles. The van der Waals surface area contributed by atoms with E-state index in [4.69, 9.17) is 52.8 Å². The first-order valence-electron chi connectivity index (χ1n) is 13.7. The summed E-state index contributed by atoms with van der Waals surface area (Å²) in [5.74, 6) is 0.672. The van der Waals surface area contributed by atoms with E-state index in [1.165, 1.54) is 0 Å². The maximum Gasteiger partial charge on any atom is 0.183 e. The molecule has 0 amide bonds. The van der Waals surface area contributed by atoms with Crippen molar-refractivity contribution in [2.75, 3.05) is 125 Å². The highest BCUT2D eigenvalue weighted by Gasteiger charge is 2.13. The minimum absolute atomic E-state index is 0.443. The summed E-state index contributed by atoms with van der Waals surface area (Å²) in [5, 5.41) is 0. The van der Waals surface area contributed by atoms with Crippen LogP contribution in [0.3, 0.4) is 0 Å². The van der Waals surface area contributed by atoms with E-state index in [-0.39, 0.29) is 0 Å². The van der Waals surface area contributed by atoms with Crippen LogP contribution in [0.4, 0.5) is 5.69 Å². The third kappa shape index (κ3) is 25.4. The van der Waals surface area contributed by atoms with Crippen molar-refractivity contribution in [3.63, 3.8) is 0 Å². The van der Waals surface area contributed by atoms with Gasteiger partial charge in [-0.15, -0.1) is 0 Å². The van der Waals surface area contributed by atoms with E-state index in [1.54, 1.807) is 6.07 Å². The van der Waals surface area contributed by atoms with Crippen LogP contribution in [0.2, 0.25) is 19.6 Å². The van der Waals surface area contributed by atoms with E-state index in [1.807, 2.05) is 18.2 Å². The first kappa shape index (κ1) is 35.7. The zero-order chi connectivity index (χ0) is 28.3. The van der Waals surface area contributed by atoms with Gasteiger partial charge >= 0.3 is 0 Å². The van der Waals surface area contributed by atoms with Gasteiger partial charge in [0.2, 0.25) is 0 Å². The highest BCUT2D eigenvalue weighted by Crippen LogP contribution is 2.19. The van der Waals surface area contributed by atoms with E-state index in [0.717, 1.165) is 0 Å². The van der Waals surface area contributed by atoms with Crippen LogP contribution in [-0.2, 0) is 42.3 Å². The highest BCUT2D eigenvalue weighted by atomic mass is 28.4. The van der Waals surface area contributed by atoms with E-state index in [9.17, 15) is 0 Å². The van der Waals surface area contributed by atoms with Crippen molar-refractivity contribution < 1.29 is 47.1 Å². The van der Waals surface area contributed by atoms with Crippen LogP contribution in [0, 0.1) is 0 Å². The predicted molar refractivity (Wildman–Crippen MR) is 152 cm³/mol. The first-order valence-corrected chi connectivity index (χ1v) is 17.1. The number of anilines is 1. The fraction of sp³-hybridized carbons (Fsp3) is 0.778. The Hall–Kier alpha value is -1.32. The molecule has 1 aromatic carbocycles. The monoisotopic (exact) mass is 577 g/mol. The van der Waals surface area contributed by atoms with Crippen LogP contribution in [0.25, 0.3) is 0 Å². The smallest absolute Gasteiger partial charge is 0.183 e. The Morgan fingerprint density at radius 2 is 0.769 bits per heavy atom. The summed E-state index contributed by atoms with van der Waals surface area (Å²) in [7, 11) is -1.45. The molecule has 0 radical (unpaired) electrons. The molecule has 0 bridgehead atoms. The Morgan fingerprint density at radius 1 is 0.462 bits per heavy atom. The minimum atomic E-state index is -1.45. The fourth-order valence-electron chi connectivity index (χ4n) is 2.87. The molecule has 0 heterocycles. The van der Waals surface area contributed by atoms with Gasteiger partial charge in [0, 0.05) is 0 Å². The van der Waals surface area contributed by atoms with Gasteiger partial charge in [-0.3, -0.25) is 0 Å². The second-order valence-electron chi connectivity index (χ2n) is 9.25. The van der Waals surface area contributed by atoms with Crippen molar-refractivity contribution in [2.24, 2.45) is 0 Å². The molecule has 0 fully saturated rings. The number of benzene rings is 1. The van der Waals surface area contributed by atoms with E-state index >= 15 is 0 Å². The molecule has 0 saturated carbocycles. The predicted octanol–water partition coefficient (Wildman–Crippen LogP) is 2.63. The van der Waals surface area contributed by atoms with Gasteiger partial charge in [-0.1, -0.05) is 12.1 Å². The van der Waals surface area contributed by atoms with Gasteiger partial charge in [-0.2, -0.15) is 0 Å². The number of ether oxygens (including phenoxy) is 9. The largest absolute Gasteiger partial charge is 0.489 e. The summed E-state index contributed by atoms with van der Waals surface area (Å²) < 4.78 is 55.0. The maximum atomic E-state index is 5.81. The number of rotatable bonds is 29. The lowest BCUT2D eigenvalue weighted by atomic mass is 10.3. The zero-order valence-electron chi connectivity index (χ0n) is 24.2. The van der Waals surface area contributed by atoms with Crippen LogP contribution in [0.5, 0.6) is 5.75 Å². The van der Waals surface area contributed by atoms with Crippen LogP contribution in [0.1, 0.15) is 0 Å². The first-order chi connectivity index (χ1) is 19.0. The molecule has 12 heteroatoms. The Kier molecular flexibility index (Phi) is 23.5. The van der Waals surface area contributed by atoms with Crippen molar-refractivity contribution >= 4 is 14.0 Å². The molecule has 0 spiro atoms. The number of hydrogen-bond donors (Lipinski definition) is 1. The normalized spacial score (nSPS) is 11.8. The average Bonchev–Trinajstić information content (AvgIpc) is 2.90. The zero-order valence-corrected chi connectivity index (χ0v) is 25.2. The topological polar surface area (TPSA) is 118 Å². The molecule has 1 aromatic rings. The van der Waals surface area contributed by atoms with Crippen molar-refractivity contribution in [3.05, 3.63) is 24.3 Å². The van der Waals surface area contributed by atoms with Crippen molar-refractivity contribution in [1.29, 1.82) is 0 Å². The summed E-state index contributed by atoms with van der Waals surface area (Å²) in [4.78, 5) is 0. The van der Waals surface area contributed by atoms with Crippen LogP contribution in [-0.4, -0.2) is 127 Å². The van der Waals surface area contributed by atoms with E-state index < -0.39 is 8.32 Å². The molecular weight excluding hydrogens is 526 g/mol. The third-order valence-corrected chi connectivity index (χ3v) is 5.84. The lowest BCUT2D eigenvalue weighted by molar-refractivity contribution is -0.0241. The van der Waals surface area contributed by atoms with Gasteiger partial charge in [-0.05, 0) is 31.8 Å². The lowest BCUT2D eigenvalue weighted by Gasteiger charge is -2.16. The summed E-state index contributed by atoms with van der Waals surface area (Å²) in [5.41, 5.74) is 6.43. The molecule has 11 nitrogen and oxygen atoms in total. The fourth-order valence-corrected chi connectivity index (χ4v) is 3.57. The molecule has 0 aliphatic carbocycles. The van der Waals surface area contributed by atoms with Crippen LogP contribution in [0.15, 0.2) is 24.3 Å². The average molecular weight is 578 g/mol. The van der Waals surface area contributed by atoms with Gasteiger partial charge in [-0.25, -0.2) is 0 Å². The van der Waals surface area contributed by atoms with Gasteiger partial charge in [0.05, 0.1) is 118 Å². The Labute approximate surface area is 235 Å². The molecular formula is C27H51NO10Si. The van der Waals surface area contributed by atoms with E-state index in [2.05, 4.69) is 19.6 Å². The lowest BCUT2D eigenvalue weighted by Crippen LogP contribution is -2.27. The molecule has 1 rings (SSSR count). The Balaban J connectivity index is 1.66. The number of para-hydroxylation sites is 2. The van der Waals surface area contributed by atoms with Gasteiger partial charge in [0.25, 0.3) is 0 Å². The minimum Gasteiger partial charge on any atom is -0.489 e. The summed E-state index contributed by atoms with van der Waals surface area (Å²) in [6.45, 7) is 16.0. The summed E-state index contributed by atoms with van der Waals surface area (Å²) >= 11 is 0. The third-order valence-electron chi connectivity index (χ3n) is 4.77. The molecule has 228 valence electrons. The standard InChI is InChI=1S/C27H51NO10Si/c1-39(2,3)38-25-23-36-21-19-34-17-15-32-13-11-30-9-8-29-10-12-31-14-16-33-18-20-35-22-24-37-27-7-5-4-6-26(27)28/h4-7H,8-25,28H2,1-3H3. The van der Waals surface area contributed by atoms with Gasteiger partial charge in [0.1, 0.15) is 12.4 Å². The van der Waals surface area contributed by atoms with Crippen molar-refractivity contribution in [2.45, 2.75) is 19.6 Å². The molecule has 0 aliphatic rings. The SMILES string of the molecule is C[Si](C)(C)OCCOCCOCCOCCOCCOCCOCCOCCOCCOc1ccccc1N. The molecule has 0 aromatic heterocycles. The summed E-state index contributed by atoms with van der Waals surface area (Å²) in [6, 6.07) is 7.39. The highest BCUT2D eigenvalue weighted by molar-refractivity contribution is 6.69. The Morgan fingerprint density at radius 3 is 1.10 bits per heavy atom. The van der Waals surface area contributed by atoms with Gasteiger partial charge < -0.3 is 52.8 Å². The Bertz CT molecular complexity index is 666. The number of hydrogen-bond acceptors (Lipinski definition) is 11. The van der Waals surface area contributed by atoms with Gasteiger partial charge in [0.15, 0.2) is 8.32 Å². The molecule has 2 N–H and O–H groups in total.